The lowest BCUT2D eigenvalue weighted by Crippen LogP contribution is -2.47. The normalized spacial score (nSPS) is 23.3. The van der Waals surface area contributed by atoms with Crippen LogP contribution in [0.3, 0.4) is 0 Å². The molecule has 1 spiro atoms. The standard InChI is InChI=1S/C16H16ClN3O2S2/c1-9-14(10(2)21)23-16(19(9)4)20(18-15(24-16)11(3)22)13-7-5-12(17)6-8-13/h5-8H,1-4H3/t16-/m1/s1. The minimum Gasteiger partial charge on any atom is -0.335 e. The zero-order valence-corrected chi connectivity index (χ0v) is 16.1. The van der Waals surface area contributed by atoms with Crippen LogP contribution in [0.1, 0.15) is 20.8 Å². The molecule has 0 fully saturated rings. The van der Waals surface area contributed by atoms with Gasteiger partial charge in [-0.3, -0.25) is 9.59 Å². The second kappa shape index (κ2) is 6.13. The molecular formula is C16H16ClN3O2S2. The van der Waals surface area contributed by atoms with Crippen molar-refractivity contribution in [2.24, 2.45) is 5.10 Å². The van der Waals surface area contributed by atoms with Crippen LogP contribution in [0, 0.1) is 0 Å². The fourth-order valence-electron chi connectivity index (χ4n) is 2.53. The van der Waals surface area contributed by atoms with Crippen LogP contribution in [0.2, 0.25) is 5.02 Å². The lowest BCUT2D eigenvalue weighted by atomic mass is 10.3. The Morgan fingerprint density at radius 1 is 1.12 bits per heavy atom. The van der Waals surface area contributed by atoms with E-state index < -0.39 is 4.33 Å². The minimum absolute atomic E-state index is 0.00848. The van der Waals surface area contributed by atoms with Crippen LogP contribution in [0.25, 0.3) is 0 Å². The SMILES string of the molecule is CC(=O)C1=NN(c2ccc(Cl)cc2)[C@@]2(S1)SC(C(C)=O)=C(C)N2C. The van der Waals surface area contributed by atoms with Crippen molar-refractivity contribution in [3.05, 3.63) is 39.9 Å². The molecular weight excluding hydrogens is 366 g/mol. The van der Waals surface area contributed by atoms with E-state index in [0.717, 1.165) is 11.4 Å². The maximum absolute atomic E-state index is 12.0. The molecule has 0 saturated heterocycles. The van der Waals surface area contributed by atoms with Crippen LogP contribution >= 0.6 is 35.1 Å². The van der Waals surface area contributed by atoms with Gasteiger partial charge in [0.05, 0.1) is 10.6 Å². The van der Waals surface area contributed by atoms with Crippen LogP contribution in [0.4, 0.5) is 5.69 Å². The molecule has 24 heavy (non-hydrogen) atoms. The molecule has 2 aliphatic rings. The summed E-state index contributed by atoms with van der Waals surface area (Å²) in [6.45, 7) is 4.96. The molecule has 5 nitrogen and oxygen atoms in total. The molecule has 0 N–H and O–H groups in total. The Kier molecular flexibility index (Phi) is 4.44. The summed E-state index contributed by atoms with van der Waals surface area (Å²) < 4.78 is -0.722. The van der Waals surface area contributed by atoms with Gasteiger partial charge in [0.1, 0.15) is 0 Å². The number of rotatable bonds is 3. The van der Waals surface area contributed by atoms with Crippen molar-refractivity contribution >= 4 is 57.4 Å². The summed E-state index contributed by atoms with van der Waals surface area (Å²) in [7, 11) is 1.91. The summed E-state index contributed by atoms with van der Waals surface area (Å²) in [5, 5.41) is 7.35. The first-order valence-corrected chi connectivity index (χ1v) is 9.26. The highest BCUT2D eigenvalue weighted by atomic mass is 35.5. The molecule has 0 aliphatic carbocycles. The Morgan fingerprint density at radius 2 is 1.75 bits per heavy atom. The van der Waals surface area contributed by atoms with Gasteiger partial charge in [0.25, 0.3) is 0 Å². The average Bonchev–Trinajstić information content (AvgIpc) is 3.03. The van der Waals surface area contributed by atoms with Gasteiger partial charge in [-0.25, -0.2) is 5.01 Å². The van der Waals surface area contributed by atoms with Crippen molar-refractivity contribution in [3.63, 3.8) is 0 Å². The van der Waals surface area contributed by atoms with E-state index in [0.29, 0.717) is 15.0 Å². The molecule has 2 aliphatic heterocycles. The fraction of sp³-hybridized carbons (Fsp3) is 0.312. The van der Waals surface area contributed by atoms with Gasteiger partial charge >= 0.3 is 0 Å². The number of allylic oxidation sites excluding steroid dienone is 2. The average molecular weight is 382 g/mol. The second-order valence-corrected chi connectivity index (χ2v) is 8.57. The van der Waals surface area contributed by atoms with E-state index in [1.54, 1.807) is 24.1 Å². The van der Waals surface area contributed by atoms with Gasteiger partial charge in [-0.1, -0.05) is 23.4 Å². The van der Waals surface area contributed by atoms with Crippen LogP contribution in [0.15, 0.2) is 40.0 Å². The van der Waals surface area contributed by atoms with E-state index in [-0.39, 0.29) is 11.6 Å². The second-order valence-electron chi connectivity index (χ2n) is 5.53. The number of carbonyl (C=O) groups is 2. The highest BCUT2D eigenvalue weighted by molar-refractivity contribution is 8.28. The third kappa shape index (κ3) is 2.64. The van der Waals surface area contributed by atoms with Crippen molar-refractivity contribution in [2.75, 3.05) is 12.1 Å². The number of halogens is 1. The van der Waals surface area contributed by atoms with Crippen LogP contribution in [0.5, 0.6) is 0 Å². The van der Waals surface area contributed by atoms with E-state index in [1.807, 2.05) is 31.0 Å². The Bertz CT molecular complexity index is 791. The highest BCUT2D eigenvalue weighted by Gasteiger charge is 2.55. The van der Waals surface area contributed by atoms with E-state index in [1.165, 1.54) is 30.4 Å². The molecule has 0 saturated carbocycles. The molecule has 2 heterocycles. The Hall–Kier alpha value is -1.44. The summed E-state index contributed by atoms with van der Waals surface area (Å²) in [6, 6.07) is 7.27. The quantitative estimate of drug-likeness (QED) is 0.791. The zero-order chi connectivity index (χ0) is 17.6. The van der Waals surface area contributed by atoms with Crippen molar-refractivity contribution < 1.29 is 9.59 Å². The summed E-state index contributed by atoms with van der Waals surface area (Å²) in [5.74, 6) is -0.0899. The van der Waals surface area contributed by atoms with Gasteiger partial charge in [-0.2, -0.15) is 5.10 Å². The maximum atomic E-state index is 12.0. The predicted octanol–water partition coefficient (Wildman–Crippen LogP) is 3.91. The largest absolute Gasteiger partial charge is 0.335 e. The molecule has 0 aromatic heterocycles. The van der Waals surface area contributed by atoms with Crippen LogP contribution in [-0.2, 0) is 9.59 Å². The molecule has 1 aromatic carbocycles. The van der Waals surface area contributed by atoms with Crippen molar-refractivity contribution in [1.29, 1.82) is 0 Å². The lowest BCUT2D eigenvalue weighted by molar-refractivity contribution is -0.113. The monoisotopic (exact) mass is 381 g/mol. The van der Waals surface area contributed by atoms with Crippen molar-refractivity contribution in [2.45, 2.75) is 25.1 Å². The minimum atomic E-state index is -0.722. The zero-order valence-electron chi connectivity index (χ0n) is 13.7. The molecule has 0 radical (unpaired) electrons. The first-order valence-electron chi connectivity index (χ1n) is 7.25. The Balaban J connectivity index is 2.08. The van der Waals surface area contributed by atoms with Crippen LogP contribution in [-0.4, -0.2) is 32.9 Å². The summed E-state index contributed by atoms with van der Waals surface area (Å²) in [5.41, 5.74) is 1.68. The maximum Gasteiger partial charge on any atom is 0.241 e. The number of Topliss-reactive ketones (excluding diaryl/α,β-unsaturated/α-hetero) is 2. The molecule has 126 valence electrons. The van der Waals surface area contributed by atoms with E-state index in [2.05, 4.69) is 5.10 Å². The lowest BCUT2D eigenvalue weighted by Gasteiger charge is -2.39. The van der Waals surface area contributed by atoms with E-state index in [4.69, 9.17) is 11.6 Å². The number of nitrogens with zero attached hydrogens (tertiary/aromatic N) is 3. The van der Waals surface area contributed by atoms with Gasteiger partial charge in [-0.15, -0.1) is 0 Å². The van der Waals surface area contributed by atoms with Gasteiger partial charge in [0, 0.05) is 24.7 Å². The third-order valence-electron chi connectivity index (χ3n) is 3.87. The predicted molar refractivity (Wildman–Crippen MR) is 101 cm³/mol. The van der Waals surface area contributed by atoms with Crippen molar-refractivity contribution in [1.82, 2.24) is 4.90 Å². The fourth-order valence-corrected chi connectivity index (χ4v) is 5.53. The molecule has 0 unspecified atom stereocenters. The smallest absolute Gasteiger partial charge is 0.241 e. The summed E-state index contributed by atoms with van der Waals surface area (Å²) in [4.78, 5) is 26.6. The number of hydrogen-bond donors (Lipinski definition) is 0. The number of hydrogen-bond acceptors (Lipinski definition) is 7. The number of thioether (sulfide) groups is 2. The number of ketones is 2. The van der Waals surface area contributed by atoms with Crippen LogP contribution < -0.4 is 5.01 Å². The van der Waals surface area contributed by atoms with Gasteiger partial charge in [-0.05, 0) is 49.9 Å². The third-order valence-corrected chi connectivity index (χ3v) is 7.40. The molecule has 1 aromatic rings. The number of carbonyl (C=O) groups excluding carboxylic acids is 2. The number of anilines is 1. The number of hydrazone groups is 1. The summed E-state index contributed by atoms with van der Waals surface area (Å²) >= 11 is 8.76. The molecule has 8 heteroatoms. The Labute approximate surface area is 154 Å². The molecule has 3 rings (SSSR count). The first kappa shape index (κ1) is 17.4. The topological polar surface area (TPSA) is 53.0 Å². The Morgan fingerprint density at radius 3 is 2.25 bits per heavy atom. The van der Waals surface area contributed by atoms with Gasteiger partial charge < -0.3 is 4.90 Å². The molecule has 0 bridgehead atoms. The van der Waals surface area contributed by atoms with Gasteiger partial charge in [0.2, 0.25) is 4.33 Å². The first-order chi connectivity index (χ1) is 11.3. The van der Waals surface area contributed by atoms with E-state index >= 15 is 0 Å². The summed E-state index contributed by atoms with van der Waals surface area (Å²) in [6.07, 6.45) is 0. The van der Waals surface area contributed by atoms with Gasteiger partial charge in [0.15, 0.2) is 16.6 Å². The molecule has 0 amide bonds. The number of benzene rings is 1. The highest BCUT2D eigenvalue weighted by Crippen LogP contribution is 2.58. The molecule has 1 atom stereocenters. The van der Waals surface area contributed by atoms with E-state index in [9.17, 15) is 9.59 Å². The van der Waals surface area contributed by atoms with Crippen molar-refractivity contribution in [3.8, 4) is 0 Å².